The average molecular weight is 389 g/mol. The van der Waals surface area contributed by atoms with Gasteiger partial charge in [0, 0.05) is 11.1 Å². The number of anilines is 1. The van der Waals surface area contributed by atoms with Crippen LogP contribution in [0.3, 0.4) is 0 Å². The van der Waals surface area contributed by atoms with Crippen molar-refractivity contribution in [3.8, 4) is 0 Å². The number of carbonyl (C=O) groups excluding carboxylic acids is 1. The first kappa shape index (κ1) is 18.2. The van der Waals surface area contributed by atoms with Crippen LogP contribution in [0.2, 0.25) is 0 Å². The Bertz CT molecular complexity index is 1060. The molecule has 134 valence electrons. The minimum atomic E-state index is -1.17. The van der Waals surface area contributed by atoms with Gasteiger partial charge in [0.1, 0.15) is 4.83 Å². The number of amides is 1. The number of rotatable bonds is 5. The Morgan fingerprint density at radius 2 is 2.08 bits per heavy atom. The Labute approximate surface area is 156 Å². The van der Waals surface area contributed by atoms with Crippen molar-refractivity contribution in [1.29, 1.82) is 0 Å². The van der Waals surface area contributed by atoms with Gasteiger partial charge in [0.15, 0.2) is 5.16 Å². The molecule has 0 bridgehead atoms. The second-order valence-electron chi connectivity index (χ2n) is 5.57. The van der Waals surface area contributed by atoms with Crippen LogP contribution in [0.15, 0.2) is 39.6 Å². The summed E-state index contributed by atoms with van der Waals surface area (Å²) in [6.07, 6.45) is 0. The molecule has 2 heterocycles. The van der Waals surface area contributed by atoms with E-state index in [0.717, 1.165) is 34.3 Å². The zero-order chi connectivity index (χ0) is 18.8. The molecular weight excluding hydrogens is 374 g/mol. The van der Waals surface area contributed by atoms with Gasteiger partial charge in [-0.25, -0.2) is 9.78 Å². The summed E-state index contributed by atoms with van der Waals surface area (Å²) in [6, 6.07) is 7.44. The number of carboxylic acids is 1. The number of aromatic amines is 1. The highest BCUT2D eigenvalue weighted by Crippen LogP contribution is 2.26. The number of aryl methyl sites for hydroxylation is 1. The predicted molar refractivity (Wildman–Crippen MR) is 102 cm³/mol. The van der Waals surface area contributed by atoms with Crippen LogP contribution in [0.1, 0.15) is 22.8 Å². The van der Waals surface area contributed by atoms with E-state index in [4.69, 9.17) is 5.11 Å². The predicted octanol–water partition coefficient (Wildman–Crippen LogP) is 3.11. The fourth-order valence-corrected chi connectivity index (χ4v) is 4.08. The molecule has 0 aliphatic rings. The molecule has 0 spiro atoms. The van der Waals surface area contributed by atoms with E-state index in [1.54, 1.807) is 6.92 Å². The largest absolute Gasteiger partial charge is 0.478 e. The van der Waals surface area contributed by atoms with Crippen molar-refractivity contribution in [2.75, 3.05) is 5.32 Å². The van der Waals surface area contributed by atoms with Gasteiger partial charge in [-0.1, -0.05) is 30.0 Å². The fraction of sp³-hybridized carbons (Fsp3) is 0.176. The third-order valence-corrected chi connectivity index (χ3v) is 5.57. The smallest absolute Gasteiger partial charge is 0.337 e. The number of para-hydroxylation sites is 1. The van der Waals surface area contributed by atoms with Gasteiger partial charge >= 0.3 is 5.97 Å². The highest BCUT2D eigenvalue weighted by Gasteiger charge is 2.20. The maximum atomic E-state index is 12.4. The van der Waals surface area contributed by atoms with Crippen molar-refractivity contribution >= 4 is 50.9 Å². The normalized spacial score (nSPS) is 12.1. The molecule has 0 saturated carbocycles. The van der Waals surface area contributed by atoms with E-state index in [9.17, 15) is 14.4 Å². The van der Waals surface area contributed by atoms with Gasteiger partial charge in [-0.15, -0.1) is 11.3 Å². The molecule has 1 atom stereocenters. The Hall–Kier alpha value is -2.65. The summed E-state index contributed by atoms with van der Waals surface area (Å²) in [7, 11) is 0. The van der Waals surface area contributed by atoms with Crippen LogP contribution in [0.4, 0.5) is 5.69 Å². The summed E-state index contributed by atoms with van der Waals surface area (Å²) in [5.74, 6) is -1.39. The number of fused-ring (bicyclic) bond motifs is 1. The summed E-state index contributed by atoms with van der Waals surface area (Å²) in [5.41, 5.74) is 1.08. The van der Waals surface area contributed by atoms with Crippen LogP contribution in [-0.4, -0.2) is 32.2 Å². The molecule has 0 aliphatic heterocycles. The first-order chi connectivity index (χ1) is 12.4. The molecule has 3 N–H and O–H groups in total. The van der Waals surface area contributed by atoms with Crippen molar-refractivity contribution < 1.29 is 14.7 Å². The number of aromatic nitrogens is 2. The average Bonchev–Trinajstić information content (AvgIpc) is 3.01. The minimum absolute atomic E-state index is 0.0591. The number of aromatic carboxylic acids is 1. The molecule has 2 aromatic heterocycles. The van der Waals surface area contributed by atoms with Crippen molar-refractivity contribution in [3.05, 3.63) is 51.1 Å². The number of nitrogens with one attached hydrogen (secondary N) is 2. The second-order valence-corrected chi connectivity index (χ2v) is 7.76. The fourth-order valence-electron chi connectivity index (χ4n) is 2.31. The Morgan fingerprint density at radius 3 is 2.77 bits per heavy atom. The lowest BCUT2D eigenvalue weighted by Crippen LogP contribution is -2.23. The molecule has 0 aliphatic carbocycles. The highest BCUT2D eigenvalue weighted by atomic mass is 32.2. The van der Waals surface area contributed by atoms with E-state index >= 15 is 0 Å². The topological polar surface area (TPSA) is 112 Å². The Balaban J connectivity index is 1.80. The van der Waals surface area contributed by atoms with E-state index in [-0.39, 0.29) is 22.0 Å². The molecule has 1 unspecified atom stereocenters. The summed E-state index contributed by atoms with van der Waals surface area (Å²) in [6.45, 7) is 3.61. The van der Waals surface area contributed by atoms with E-state index in [1.807, 2.05) is 31.2 Å². The van der Waals surface area contributed by atoms with Crippen LogP contribution in [-0.2, 0) is 4.79 Å². The van der Waals surface area contributed by atoms with E-state index < -0.39 is 16.8 Å². The summed E-state index contributed by atoms with van der Waals surface area (Å²) in [5, 5.41) is 13.2. The minimum Gasteiger partial charge on any atom is -0.478 e. The van der Waals surface area contributed by atoms with Gasteiger partial charge in [0.2, 0.25) is 5.91 Å². The molecule has 0 fully saturated rings. The van der Waals surface area contributed by atoms with Crippen molar-refractivity contribution in [2.24, 2.45) is 0 Å². The van der Waals surface area contributed by atoms with Gasteiger partial charge in [-0.05, 0) is 25.5 Å². The number of thiophene rings is 1. The zero-order valence-corrected chi connectivity index (χ0v) is 15.5. The molecule has 26 heavy (non-hydrogen) atoms. The molecule has 3 rings (SSSR count). The highest BCUT2D eigenvalue weighted by molar-refractivity contribution is 8.00. The molecular formula is C17H15N3O4S2. The van der Waals surface area contributed by atoms with Gasteiger partial charge in [0.05, 0.1) is 16.2 Å². The number of carbonyl (C=O) groups is 2. The molecule has 1 aromatic carbocycles. The lowest BCUT2D eigenvalue weighted by Gasteiger charge is -2.12. The van der Waals surface area contributed by atoms with Crippen LogP contribution >= 0.6 is 23.1 Å². The number of carboxylic acid groups (broad SMARTS) is 1. The van der Waals surface area contributed by atoms with Gasteiger partial charge in [0.25, 0.3) is 5.56 Å². The first-order valence-corrected chi connectivity index (χ1v) is 9.40. The van der Waals surface area contributed by atoms with Crippen molar-refractivity contribution in [1.82, 2.24) is 9.97 Å². The molecule has 0 radical (unpaired) electrons. The summed E-state index contributed by atoms with van der Waals surface area (Å²) >= 11 is 2.19. The second kappa shape index (κ2) is 7.30. The number of hydrogen-bond acceptors (Lipinski definition) is 6. The van der Waals surface area contributed by atoms with Gasteiger partial charge < -0.3 is 15.4 Å². The van der Waals surface area contributed by atoms with Crippen LogP contribution < -0.4 is 10.9 Å². The molecule has 1 amide bonds. The maximum Gasteiger partial charge on any atom is 0.337 e. The number of nitrogens with zero attached hydrogens (tertiary/aromatic N) is 1. The number of H-pyrrole nitrogens is 1. The Kier molecular flexibility index (Phi) is 5.10. The van der Waals surface area contributed by atoms with E-state index in [2.05, 4.69) is 15.3 Å². The molecule has 3 aromatic rings. The number of hydrogen-bond donors (Lipinski definition) is 3. The molecule has 7 nitrogen and oxygen atoms in total. The summed E-state index contributed by atoms with van der Waals surface area (Å²) in [4.78, 5) is 42.9. The quantitative estimate of drug-likeness (QED) is 0.457. The molecule has 9 heteroatoms. The number of thioether (sulfide) groups is 1. The van der Waals surface area contributed by atoms with Crippen LogP contribution in [0, 0.1) is 6.92 Å². The van der Waals surface area contributed by atoms with E-state index in [1.165, 1.54) is 5.38 Å². The molecule has 0 saturated heterocycles. The lowest BCUT2D eigenvalue weighted by molar-refractivity contribution is -0.115. The van der Waals surface area contributed by atoms with Crippen molar-refractivity contribution in [2.45, 2.75) is 24.3 Å². The maximum absolute atomic E-state index is 12.4. The van der Waals surface area contributed by atoms with Crippen LogP contribution in [0.5, 0.6) is 0 Å². The standard InChI is InChI=1S/C17H15N3O4S2/c1-8-5-3-4-6-11(8)18-13(21)9(2)26-17-19-14(22)12-10(16(23)24)7-25-15(12)20-17/h3-7,9H,1-2H3,(H,18,21)(H,23,24)(H,19,20,22). The zero-order valence-electron chi connectivity index (χ0n) is 13.9. The lowest BCUT2D eigenvalue weighted by atomic mass is 10.2. The third kappa shape index (κ3) is 3.63. The van der Waals surface area contributed by atoms with E-state index in [0.29, 0.717) is 4.83 Å². The van der Waals surface area contributed by atoms with Gasteiger partial charge in [-0.2, -0.15) is 0 Å². The first-order valence-electron chi connectivity index (χ1n) is 7.64. The summed E-state index contributed by atoms with van der Waals surface area (Å²) < 4.78 is 0. The monoisotopic (exact) mass is 389 g/mol. The Morgan fingerprint density at radius 1 is 1.35 bits per heavy atom. The van der Waals surface area contributed by atoms with Crippen molar-refractivity contribution in [3.63, 3.8) is 0 Å². The SMILES string of the molecule is Cc1ccccc1NC(=O)C(C)Sc1nc2scc(C(=O)O)c2c(=O)[nH]1. The third-order valence-electron chi connectivity index (χ3n) is 3.71. The van der Waals surface area contributed by atoms with Crippen LogP contribution in [0.25, 0.3) is 10.2 Å². The number of benzene rings is 1. The van der Waals surface area contributed by atoms with Gasteiger partial charge in [-0.3, -0.25) is 9.59 Å².